The van der Waals surface area contributed by atoms with E-state index in [0.717, 1.165) is 31.5 Å². The minimum Gasteiger partial charge on any atom is -0.356 e. The van der Waals surface area contributed by atoms with Gasteiger partial charge in [0, 0.05) is 26.7 Å². The molecule has 1 N–H and O–H groups in total. The normalized spacial score (nSPS) is 19.7. The van der Waals surface area contributed by atoms with Gasteiger partial charge in [-0.05, 0) is 30.2 Å². The molecule has 0 saturated carbocycles. The number of aliphatic imine (C=N–C) groups is 1. The lowest BCUT2D eigenvalue weighted by Crippen LogP contribution is -2.41. The SMILES string of the molecule is CN=C(NCC(C)C)N1CCC(Cc2ccccc2)C1. The summed E-state index contributed by atoms with van der Waals surface area (Å²) in [6.07, 6.45) is 2.44. The monoisotopic (exact) mass is 273 g/mol. The van der Waals surface area contributed by atoms with E-state index in [2.05, 4.69) is 59.4 Å². The molecule has 1 atom stereocenters. The highest BCUT2D eigenvalue weighted by Crippen LogP contribution is 2.20. The van der Waals surface area contributed by atoms with Crippen molar-refractivity contribution in [3.8, 4) is 0 Å². The zero-order valence-corrected chi connectivity index (χ0v) is 13.0. The molecule has 1 aliphatic heterocycles. The first-order chi connectivity index (χ1) is 9.69. The van der Waals surface area contributed by atoms with Crippen LogP contribution in [-0.4, -0.2) is 37.5 Å². The molecule has 1 saturated heterocycles. The second-order valence-electron chi connectivity index (χ2n) is 6.11. The molecule has 1 unspecified atom stereocenters. The van der Waals surface area contributed by atoms with Crippen molar-refractivity contribution < 1.29 is 0 Å². The van der Waals surface area contributed by atoms with Gasteiger partial charge in [0.2, 0.25) is 0 Å². The molecule has 3 nitrogen and oxygen atoms in total. The first-order valence-electron chi connectivity index (χ1n) is 7.68. The van der Waals surface area contributed by atoms with Crippen LogP contribution in [0.1, 0.15) is 25.8 Å². The summed E-state index contributed by atoms with van der Waals surface area (Å²) in [5.41, 5.74) is 1.45. The van der Waals surface area contributed by atoms with Crippen molar-refractivity contribution in [2.75, 3.05) is 26.7 Å². The molecule has 20 heavy (non-hydrogen) atoms. The van der Waals surface area contributed by atoms with E-state index in [0.29, 0.717) is 5.92 Å². The van der Waals surface area contributed by atoms with Crippen molar-refractivity contribution in [1.29, 1.82) is 0 Å². The molecule has 2 rings (SSSR count). The maximum Gasteiger partial charge on any atom is 0.193 e. The van der Waals surface area contributed by atoms with Gasteiger partial charge in [0.15, 0.2) is 5.96 Å². The van der Waals surface area contributed by atoms with Crippen molar-refractivity contribution in [3.05, 3.63) is 35.9 Å². The van der Waals surface area contributed by atoms with Crippen molar-refractivity contribution in [1.82, 2.24) is 10.2 Å². The third kappa shape index (κ3) is 4.26. The molecular formula is C17H27N3. The molecule has 0 aromatic heterocycles. The van der Waals surface area contributed by atoms with E-state index >= 15 is 0 Å². The quantitative estimate of drug-likeness (QED) is 0.675. The summed E-state index contributed by atoms with van der Waals surface area (Å²) >= 11 is 0. The van der Waals surface area contributed by atoms with Crippen LogP contribution in [0.2, 0.25) is 0 Å². The Morgan fingerprint density at radius 1 is 1.35 bits per heavy atom. The van der Waals surface area contributed by atoms with E-state index in [1.807, 2.05) is 7.05 Å². The minimum atomic E-state index is 0.648. The average molecular weight is 273 g/mol. The fraction of sp³-hybridized carbons (Fsp3) is 0.588. The summed E-state index contributed by atoms with van der Waals surface area (Å²) in [7, 11) is 1.88. The Morgan fingerprint density at radius 2 is 2.10 bits per heavy atom. The predicted octanol–water partition coefficient (Wildman–Crippen LogP) is 2.78. The number of nitrogens with zero attached hydrogens (tertiary/aromatic N) is 2. The molecule has 1 aromatic carbocycles. The van der Waals surface area contributed by atoms with Crippen LogP contribution in [0.15, 0.2) is 35.3 Å². The first kappa shape index (κ1) is 14.9. The first-order valence-corrected chi connectivity index (χ1v) is 7.68. The molecule has 0 spiro atoms. The smallest absolute Gasteiger partial charge is 0.193 e. The molecule has 0 bridgehead atoms. The maximum absolute atomic E-state index is 4.41. The summed E-state index contributed by atoms with van der Waals surface area (Å²) < 4.78 is 0. The number of nitrogens with one attached hydrogen (secondary N) is 1. The third-order valence-electron chi connectivity index (χ3n) is 3.83. The Balaban J connectivity index is 1.85. The van der Waals surface area contributed by atoms with Gasteiger partial charge in [-0.1, -0.05) is 44.2 Å². The summed E-state index contributed by atoms with van der Waals surface area (Å²) in [5, 5.41) is 3.47. The van der Waals surface area contributed by atoms with Gasteiger partial charge in [-0.15, -0.1) is 0 Å². The van der Waals surface area contributed by atoms with Gasteiger partial charge in [0.05, 0.1) is 0 Å². The fourth-order valence-electron chi connectivity index (χ4n) is 2.77. The molecule has 0 amide bonds. The third-order valence-corrected chi connectivity index (χ3v) is 3.83. The zero-order chi connectivity index (χ0) is 14.4. The van der Waals surface area contributed by atoms with Gasteiger partial charge in [-0.3, -0.25) is 4.99 Å². The maximum atomic E-state index is 4.41. The number of hydrogen-bond acceptors (Lipinski definition) is 1. The van der Waals surface area contributed by atoms with Crippen LogP contribution < -0.4 is 5.32 Å². The van der Waals surface area contributed by atoms with Crippen LogP contribution in [0.25, 0.3) is 0 Å². The van der Waals surface area contributed by atoms with Gasteiger partial charge in [0.1, 0.15) is 0 Å². The second kappa shape index (κ2) is 7.32. The number of rotatable bonds is 4. The molecule has 1 fully saturated rings. The van der Waals surface area contributed by atoms with E-state index in [1.54, 1.807) is 0 Å². The van der Waals surface area contributed by atoms with E-state index in [4.69, 9.17) is 0 Å². The van der Waals surface area contributed by atoms with Crippen LogP contribution in [0.3, 0.4) is 0 Å². The molecule has 0 radical (unpaired) electrons. The number of hydrogen-bond donors (Lipinski definition) is 1. The van der Waals surface area contributed by atoms with Crippen LogP contribution in [0.4, 0.5) is 0 Å². The number of likely N-dealkylation sites (tertiary alicyclic amines) is 1. The van der Waals surface area contributed by atoms with E-state index < -0.39 is 0 Å². The summed E-state index contributed by atoms with van der Waals surface area (Å²) in [6.45, 7) is 7.68. The van der Waals surface area contributed by atoms with E-state index in [1.165, 1.54) is 18.4 Å². The van der Waals surface area contributed by atoms with Gasteiger partial charge in [0.25, 0.3) is 0 Å². The number of guanidine groups is 1. The molecular weight excluding hydrogens is 246 g/mol. The summed E-state index contributed by atoms with van der Waals surface area (Å²) in [6, 6.07) is 10.8. The lowest BCUT2D eigenvalue weighted by Gasteiger charge is -2.22. The van der Waals surface area contributed by atoms with Crippen LogP contribution in [0.5, 0.6) is 0 Å². The van der Waals surface area contributed by atoms with E-state index in [-0.39, 0.29) is 0 Å². The fourth-order valence-corrected chi connectivity index (χ4v) is 2.77. The highest BCUT2D eigenvalue weighted by Gasteiger charge is 2.24. The Labute approximate surface area is 123 Å². The minimum absolute atomic E-state index is 0.648. The molecule has 1 aliphatic rings. The highest BCUT2D eigenvalue weighted by molar-refractivity contribution is 5.80. The molecule has 1 aromatic rings. The molecule has 3 heteroatoms. The Hall–Kier alpha value is -1.51. The Bertz CT molecular complexity index is 425. The largest absolute Gasteiger partial charge is 0.356 e. The van der Waals surface area contributed by atoms with Gasteiger partial charge >= 0.3 is 0 Å². The Morgan fingerprint density at radius 3 is 2.75 bits per heavy atom. The lowest BCUT2D eigenvalue weighted by atomic mass is 9.99. The summed E-state index contributed by atoms with van der Waals surface area (Å²) in [4.78, 5) is 6.81. The van der Waals surface area contributed by atoms with Crippen LogP contribution >= 0.6 is 0 Å². The lowest BCUT2D eigenvalue weighted by molar-refractivity contribution is 0.453. The van der Waals surface area contributed by atoms with Crippen molar-refractivity contribution >= 4 is 5.96 Å². The number of benzene rings is 1. The zero-order valence-electron chi connectivity index (χ0n) is 13.0. The average Bonchev–Trinajstić information content (AvgIpc) is 2.89. The summed E-state index contributed by atoms with van der Waals surface area (Å²) in [5.74, 6) is 2.46. The topological polar surface area (TPSA) is 27.6 Å². The highest BCUT2D eigenvalue weighted by atomic mass is 15.3. The standard InChI is InChI=1S/C17H27N3/c1-14(2)12-19-17(18-3)20-10-9-16(13-20)11-15-7-5-4-6-8-15/h4-8,14,16H,9-13H2,1-3H3,(H,18,19). The van der Waals surface area contributed by atoms with E-state index in [9.17, 15) is 0 Å². The van der Waals surface area contributed by atoms with Crippen molar-refractivity contribution in [2.45, 2.75) is 26.7 Å². The van der Waals surface area contributed by atoms with Crippen molar-refractivity contribution in [2.24, 2.45) is 16.8 Å². The molecule has 1 heterocycles. The Kier molecular flexibility index (Phi) is 5.45. The second-order valence-corrected chi connectivity index (χ2v) is 6.11. The van der Waals surface area contributed by atoms with Gasteiger partial charge < -0.3 is 10.2 Å². The van der Waals surface area contributed by atoms with Crippen molar-refractivity contribution in [3.63, 3.8) is 0 Å². The van der Waals surface area contributed by atoms with Crippen LogP contribution in [0, 0.1) is 11.8 Å². The molecule has 0 aliphatic carbocycles. The predicted molar refractivity (Wildman–Crippen MR) is 86.0 cm³/mol. The molecule has 110 valence electrons. The van der Waals surface area contributed by atoms with Gasteiger partial charge in [-0.25, -0.2) is 0 Å². The van der Waals surface area contributed by atoms with Gasteiger partial charge in [-0.2, -0.15) is 0 Å². The van der Waals surface area contributed by atoms with Crippen LogP contribution in [-0.2, 0) is 6.42 Å².